The van der Waals surface area contributed by atoms with Gasteiger partial charge in [0.25, 0.3) is 5.91 Å². The van der Waals surface area contributed by atoms with Gasteiger partial charge < -0.3 is 15.0 Å². The topological polar surface area (TPSA) is 54.3 Å². The highest BCUT2D eigenvalue weighted by Crippen LogP contribution is 2.29. The third-order valence-electron chi connectivity index (χ3n) is 5.18. The maximum atomic E-state index is 12.8. The summed E-state index contributed by atoms with van der Waals surface area (Å²) in [4.78, 5) is 12.8. The molecule has 1 amide bonds. The summed E-state index contributed by atoms with van der Waals surface area (Å²) in [6.07, 6.45) is 10.1. The van der Waals surface area contributed by atoms with Crippen molar-refractivity contribution in [3.8, 4) is 0 Å². The molecule has 0 atom stereocenters. The normalized spacial score (nSPS) is 16.1. The number of amides is 1. The fourth-order valence-electron chi connectivity index (χ4n) is 3.81. The van der Waals surface area contributed by atoms with Crippen LogP contribution in [0.5, 0.6) is 0 Å². The minimum atomic E-state index is -0.0508. The van der Waals surface area contributed by atoms with Crippen molar-refractivity contribution in [1.82, 2.24) is 9.88 Å². The summed E-state index contributed by atoms with van der Waals surface area (Å²) in [6.45, 7) is 1.54. The van der Waals surface area contributed by atoms with Crippen LogP contribution in [0.2, 0.25) is 5.02 Å². The summed E-state index contributed by atoms with van der Waals surface area (Å²) in [5.41, 5.74) is 1.58. The number of aliphatic hydroxyl groups excluding tert-OH is 1. The van der Waals surface area contributed by atoms with Gasteiger partial charge in [-0.1, -0.05) is 43.4 Å². The number of aliphatic hydroxyl groups is 1. The molecule has 1 aromatic heterocycles. The first kappa shape index (κ1) is 18.3. The highest BCUT2D eigenvalue weighted by atomic mass is 35.5. The summed E-state index contributed by atoms with van der Waals surface area (Å²) in [5.74, 6) is 0.537. The Bertz CT molecular complexity index is 718. The molecular weight excluding hydrogens is 336 g/mol. The van der Waals surface area contributed by atoms with E-state index in [0.717, 1.165) is 17.4 Å². The second-order valence-electron chi connectivity index (χ2n) is 7.01. The van der Waals surface area contributed by atoms with Crippen LogP contribution in [0.3, 0.4) is 0 Å². The SMILES string of the molecule is O=C(NCC1CCCCCC1)c1cn(CCCO)c2cccc(Cl)c12. The van der Waals surface area contributed by atoms with Crippen LogP contribution in [0.4, 0.5) is 0 Å². The second-order valence-corrected chi connectivity index (χ2v) is 7.42. The zero-order valence-electron chi connectivity index (χ0n) is 14.6. The summed E-state index contributed by atoms with van der Waals surface area (Å²) in [6, 6.07) is 5.69. The average molecular weight is 363 g/mol. The van der Waals surface area contributed by atoms with Crippen LogP contribution in [0.15, 0.2) is 24.4 Å². The number of benzene rings is 1. The van der Waals surface area contributed by atoms with Gasteiger partial charge in [0.15, 0.2) is 0 Å². The molecule has 1 aliphatic rings. The first-order valence-electron chi connectivity index (χ1n) is 9.37. The van der Waals surface area contributed by atoms with Gasteiger partial charge in [-0.25, -0.2) is 0 Å². The van der Waals surface area contributed by atoms with E-state index >= 15 is 0 Å². The highest BCUT2D eigenvalue weighted by molar-refractivity contribution is 6.36. The first-order chi connectivity index (χ1) is 12.2. The van der Waals surface area contributed by atoms with Crippen molar-refractivity contribution < 1.29 is 9.90 Å². The Labute approximate surface area is 154 Å². The van der Waals surface area contributed by atoms with Crippen LogP contribution >= 0.6 is 11.6 Å². The number of fused-ring (bicyclic) bond motifs is 1. The van der Waals surface area contributed by atoms with Crippen LogP contribution in [0, 0.1) is 5.92 Å². The van der Waals surface area contributed by atoms with Crippen molar-refractivity contribution >= 4 is 28.4 Å². The molecule has 25 heavy (non-hydrogen) atoms. The average Bonchev–Trinajstić information content (AvgIpc) is 2.80. The summed E-state index contributed by atoms with van der Waals surface area (Å²) < 4.78 is 2.01. The predicted octanol–water partition coefficient (Wildman–Crippen LogP) is 4.38. The fraction of sp³-hybridized carbons (Fsp3) is 0.550. The highest BCUT2D eigenvalue weighted by Gasteiger charge is 2.19. The molecule has 3 rings (SSSR count). The molecule has 1 aliphatic carbocycles. The lowest BCUT2D eigenvalue weighted by Crippen LogP contribution is -2.29. The Kier molecular flexibility index (Phi) is 6.38. The zero-order valence-corrected chi connectivity index (χ0v) is 15.4. The summed E-state index contributed by atoms with van der Waals surface area (Å²) in [7, 11) is 0. The Hall–Kier alpha value is -1.52. The van der Waals surface area contributed by atoms with E-state index in [0.29, 0.717) is 29.5 Å². The molecule has 2 aromatic rings. The van der Waals surface area contributed by atoms with Gasteiger partial charge >= 0.3 is 0 Å². The molecular formula is C20H27ClN2O2. The summed E-state index contributed by atoms with van der Waals surface area (Å²) in [5, 5.41) is 13.6. The number of nitrogens with zero attached hydrogens (tertiary/aromatic N) is 1. The monoisotopic (exact) mass is 362 g/mol. The smallest absolute Gasteiger partial charge is 0.253 e. The zero-order chi connectivity index (χ0) is 17.6. The predicted molar refractivity (Wildman–Crippen MR) is 102 cm³/mol. The van der Waals surface area contributed by atoms with Gasteiger partial charge in [0.1, 0.15) is 0 Å². The Morgan fingerprint density at radius 2 is 2.00 bits per heavy atom. The largest absolute Gasteiger partial charge is 0.396 e. The van der Waals surface area contributed by atoms with Gasteiger partial charge in [-0.2, -0.15) is 0 Å². The van der Waals surface area contributed by atoms with E-state index in [1.165, 1.54) is 38.5 Å². The van der Waals surface area contributed by atoms with Gasteiger partial charge in [0.05, 0.1) is 16.1 Å². The molecule has 0 unspecified atom stereocenters. The number of hydrogen-bond donors (Lipinski definition) is 2. The molecule has 1 fully saturated rings. The van der Waals surface area contributed by atoms with Crippen LogP contribution in [-0.4, -0.2) is 28.7 Å². The van der Waals surface area contributed by atoms with E-state index in [1.807, 2.05) is 29.0 Å². The third kappa shape index (κ3) is 4.36. The van der Waals surface area contributed by atoms with Gasteiger partial charge in [0.2, 0.25) is 0 Å². The third-order valence-corrected chi connectivity index (χ3v) is 5.50. The maximum absolute atomic E-state index is 12.8. The molecule has 136 valence electrons. The number of hydrogen-bond acceptors (Lipinski definition) is 2. The maximum Gasteiger partial charge on any atom is 0.253 e. The number of nitrogens with one attached hydrogen (secondary N) is 1. The quantitative estimate of drug-likeness (QED) is 0.749. The molecule has 2 N–H and O–H groups in total. The number of aromatic nitrogens is 1. The van der Waals surface area contributed by atoms with Gasteiger partial charge in [-0.15, -0.1) is 0 Å². The van der Waals surface area contributed by atoms with Crippen molar-refractivity contribution in [2.24, 2.45) is 5.92 Å². The minimum absolute atomic E-state index is 0.0508. The van der Waals surface area contributed by atoms with Crippen LogP contribution in [-0.2, 0) is 6.54 Å². The molecule has 0 spiro atoms. The molecule has 1 aromatic carbocycles. The molecule has 0 radical (unpaired) electrons. The number of halogens is 1. The number of carbonyl (C=O) groups is 1. The molecule has 1 saturated carbocycles. The number of aryl methyl sites for hydroxylation is 1. The van der Waals surface area contributed by atoms with E-state index in [-0.39, 0.29) is 12.5 Å². The van der Waals surface area contributed by atoms with E-state index in [9.17, 15) is 4.79 Å². The van der Waals surface area contributed by atoms with E-state index in [1.54, 1.807) is 0 Å². The van der Waals surface area contributed by atoms with Gasteiger partial charge in [-0.05, 0) is 37.3 Å². The van der Waals surface area contributed by atoms with Crippen LogP contribution < -0.4 is 5.32 Å². The van der Waals surface area contributed by atoms with E-state index < -0.39 is 0 Å². The molecule has 0 bridgehead atoms. The minimum Gasteiger partial charge on any atom is -0.396 e. The lowest BCUT2D eigenvalue weighted by atomic mass is 10.0. The Balaban J connectivity index is 1.78. The van der Waals surface area contributed by atoms with Crippen LogP contribution in [0.25, 0.3) is 10.9 Å². The standard InChI is InChI=1S/C20H27ClN2O2/c21-17-9-5-10-18-19(17)16(14-23(18)11-6-12-24)20(25)22-13-15-7-3-1-2-4-8-15/h5,9-10,14-15,24H,1-4,6-8,11-13H2,(H,22,25). The lowest BCUT2D eigenvalue weighted by molar-refractivity contribution is 0.0947. The van der Waals surface area contributed by atoms with E-state index in [4.69, 9.17) is 16.7 Å². The van der Waals surface area contributed by atoms with Crippen molar-refractivity contribution in [1.29, 1.82) is 0 Å². The molecule has 0 saturated heterocycles. The van der Waals surface area contributed by atoms with Crippen molar-refractivity contribution in [3.63, 3.8) is 0 Å². The Morgan fingerprint density at radius 3 is 2.72 bits per heavy atom. The molecule has 5 heteroatoms. The Morgan fingerprint density at radius 1 is 1.24 bits per heavy atom. The van der Waals surface area contributed by atoms with Crippen molar-refractivity contribution in [3.05, 3.63) is 35.0 Å². The van der Waals surface area contributed by atoms with Crippen molar-refractivity contribution in [2.45, 2.75) is 51.5 Å². The van der Waals surface area contributed by atoms with Crippen molar-refractivity contribution in [2.75, 3.05) is 13.2 Å². The number of carbonyl (C=O) groups excluding carboxylic acids is 1. The molecule has 4 nitrogen and oxygen atoms in total. The fourth-order valence-corrected chi connectivity index (χ4v) is 4.08. The van der Waals surface area contributed by atoms with Gasteiger partial charge in [0, 0.05) is 31.3 Å². The van der Waals surface area contributed by atoms with Crippen LogP contribution in [0.1, 0.15) is 55.3 Å². The lowest BCUT2D eigenvalue weighted by Gasteiger charge is -2.14. The molecule has 1 heterocycles. The number of rotatable bonds is 6. The second kappa shape index (κ2) is 8.72. The van der Waals surface area contributed by atoms with Gasteiger partial charge in [-0.3, -0.25) is 4.79 Å². The van der Waals surface area contributed by atoms with E-state index in [2.05, 4.69) is 5.32 Å². The first-order valence-corrected chi connectivity index (χ1v) is 9.75. The summed E-state index contributed by atoms with van der Waals surface area (Å²) >= 11 is 6.38. The molecule has 0 aliphatic heterocycles.